The van der Waals surface area contributed by atoms with Crippen LogP contribution < -0.4 is 16.0 Å². The molecule has 1 aromatic carbocycles. The third-order valence-electron chi connectivity index (χ3n) is 6.75. The van der Waals surface area contributed by atoms with Crippen LogP contribution in [0, 0.1) is 0 Å². The van der Waals surface area contributed by atoms with Gasteiger partial charge in [0.25, 0.3) is 0 Å². The van der Waals surface area contributed by atoms with Gasteiger partial charge in [-0.3, -0.25) is 14.4 Å². The molecule has 0 saturated heterocycles. The second-order valence-electron chi connectivity index (χ2n) is 9.68. The first-order valence-corrected chi connectivity index (χ1v) is 13.7. The number of likely N-dealkylation sites (N-methyl/N-ethyl adjacent to an activating group) is 3. The molecule has 0 bridgehead atoms. The molecule has 2 heterocycles. The Morgan fingerprint density at radius 3 is 1.88 bits per heavy atom. The van der Waals surface area contributed by atoms with Crippen LogP contribution in [0.15, 0.2) is 42.9 Å². The second-order valence-corrected chi connectivity index (χ2v) is 9.68. The van der Waals surface area contributed by atoms with E-state index >= 15 is 0 Å². The van der Waals surface area contributed by atoms with Crippen molar-refractivity contribution in [3.8, 4) is 0 Å². The number of nitrogens with zero attached hydrogens (tertiary/aromatic N) is 3. The lowest BCUT2D eigenvalue weighted by molar-refractivity contribution is -0.140. The number of carboxylic acids is 3. The van der Waals surface area contributed by atoms with E-state index in [4.69, 9.17) is 15.3 Å². The quantitative estimate of drug-likeness (QED) is 0.157. The fourth-order valence-corrected chi connectivity index (χ4v) is 4.20. The largest absolute Gasteiger partial charge is 0.480 e. The standard InChI is InChI=1S/C13H16N2O2.C8H13N3O2.C8H17NO2/c1-14-11(13(16)17)7-9-8-15(2)12-6-4-3-5-10(9)12;1-9-6(8(12)13)5-7-10-3-4-11(7)2;1-3-4-5-6-7(9-2)8(10)11/h3-6,8,11,14H,7H2,1-2H3,(H,16,17);3-4,6,9H,5H2,1-2H3,(H,12,13);7,9H,3-6H2,1-2H3,(H,10,11). The first-order valence-electron chi connectivity index (χ1n) is 13.7. The lowest BCUT2D eigenvalue weighted by Gasteiger charge is -2.10. The molecular weight excluding hydrogens is 528 g/mol. The van der Waals surface area contributed by atoms with Crippen LogP contribution in [-0.2, 0) is 41.3 Å². The highest BCUT2D eigenvalue weighted by molar-refractivity contribution is 5.85. The molecule has 0 spiro atoms. The number of benzene rings is 1. The van der Waals surface area contributed by atoms with Gasteiger partial charge < -0.3 is 40.4 Å². The molecule has 12 heteroatoms. The smallest absolute Gasteiger partial charge is 0.321 e. The summed E-state index contributed by atoms with van der Waals surface area (Å²) in [6.07, 6.45) is 10.3. The van der Waals surface area contributed by atoms with E-state index in [-0.39, 0.29) is 6.04 Å². The number of para-hydroxylation sites is 1. The Morgan fingerprint density at radius 1 is 0.829 bits per heavy atom. The Kier molecular flexibility index (Phi) is 16.0. The number of aromatic nitrogens is 3. The lowest BCUT2D eigenvalue weighted by atomic mass is 10.1. The minimum Gasteiger partial charge on any atom is -0.480 e. The summed E-state index contributed by atoms with van der Waals surface area (Å²) in [6, 6.07) is 6.55. The molecule has 0 aliphatic carbocycles. The van der Waals surface area contributed by atoms with E-state index in [0.717, 1.165) is 48.0 Å². The maximum atomic E-state index is 11.0. The van der Waals surface area contributed by atoms with Crippen molar-refractivity contribution in [2.75, 3.05) is 21.1 Å². The van der Waals surface area contributed by atoms with Gasteiger partial charge in [0.15, 0.2) is 0 Å². The summed E-state index contributed by atoms with van der Waals surface area (Å²) in [6.45, 7) is 2.11. The lowest BCUT2D eigenvalue weighted by Crippen LogP contribution is -2.36. The predicted octanol–water partition coefficient (Wildman–Crippen LogP) is 2.27. The molecule has 0 saturated carbocycles. The highest BCUT2D eigenvalue weighted by Gasteiger charge is 2.18. The first-order chi connectivity index (χ1) is 19.5. The highest BCUT2D eigenvalue weighted by Crippen LogP contribution is 2.21. The Balaban J connectivity index is 0.000000317. The second kappa shape index (κ2) is 18.6. The van der Waals surface area contributed by atoms with E-state index in [1.807, 2.05) is 53.7 Å². The van der Waals surface area contributed by atoms with Crippen LogP contribution in [0.5, 0.6) is 0 Å². The number of hydrogen-bond donors (Lipinski definition) is 6. The van der Waals surface area contributed by atoms with E-state index in [1.54, 1.807) is 33.5 Å². The molecule has 0 aliphatic rings. The predicted molar refractivity (Wildman–Crippen MR) is 159 cm³/mol. The molecule has 3 aromatic rings. The number of nitrogens with one attached hydrogen (secondary N) is 3. The van der Waals surface area contributed by atoms with Crippen LogP contribution in [0.2, 0.25) is 0 Å². The van der Waals surface area contributed by atoms with Gasteiger partial charge in [0.05, 0.1) is 0 Å². The molecule has 12 nitrogen and oxygen atoms in total. The number of rotatable bonds is 14. The number of aliphatic carboxylic acids is 3. The van der Waals surface area contributed by atoms with Crippen LogP contribution in [0.4, 0.5) is 0 Å². The molecule has 3 atom stereocenters. The molecule has 6 N–H and O–H groups in total. The molecule has 41 heavy (non-hydrogen) atoms. The minimum atomic E-state index is -0.856. The fraction of sp³-hybridized carbons (Fsp3) is 0.517. The van der Waals surface area contributed by atoms with Crippen molar-refractivity contribution in [1.82, 2.24) is 30.1 Å². The summed E-state index contributed by atoms with van der Waals surface area (Å²) in [5.41, 5.74) is 2.19. The van der Waals surface area contributed by atoms with E-state index in [2.05, 4.69) is 27.9 Å². The third-order valence-corrected chi connectivity index (χ3v) is 6.75. The van der Waals surface area contributed by atoms with Gasteiger partial charge in [-0.2, -0.15) is 0 Å². The maximum absolute atomic E-state index is 11.0. The Labute approximate surface area is 241 Å². The van der Waals surface area contributed by atoms with Crippen molar-refractivity contribution in [2.45, 2.75) is 63.6 Å². The van der Waals surface area contributed by atoms with E-state index in [0.29, 0.717) is 12.8 Å². The molecule has 0 radical (unpaired) electrons. The van der Waals surface area contributed by atoms with Crippen LogP contribution in [0.1, 0.15) is 44.0 Å². The van der Waals surface area contributed by atoms with Crippen molar-refractivity contribution in [3.63, 3.8) is 0 Å². The van der Waals surface area contributed by atoms with E-state index in [9.17, 15) is 14.4 Å². The number of hydrogen-bond acceptors (Lipinski definition) is 7. The molecule has 0 fully saturated rings. The molecule has 3 unspecified atom stereocenters. The number of unbranched alkanes of at least 4 members (excludes halogenated alkanes) is 2. The zero-order valence-electron chi connectivity index (χ0n) is 24.9. The van der Waals surface area contributed by atoms with Gasteiger partial charge in [-0.15, -0.1) is 0 Å². The van der Waals surface area contributed by atoms with Crippen molar-refractivity contribution in [2.24, 2.45) is 14.1 Å². The van der Waals surface area contributed by atoms with Gasteiger partial charge in [0.1, 0.15) is 23.9 Å². The zero-order chi connectivity index (χ0) is 30.9. The first kappa shape index (κ1) is 35.3. The van der Waals surface area contributed by atoms with Crippen LogP contribution in [0.25, 0.3) is 10.9 Å². The molecular formula is C29H46N6O6. The summed E-state index contributed by atoms with van der Waals surface area (Å²) in [5.74, 6) is -1.66. The summed E-state index contributed by atoms with van der Waals surface area (Å²) in [4.78, 5) is 36.2. The fourth-order valence-electron chi connectivity index (χ4n) is 4.20. The molecule has 228 valence electrons. The van der Waals surface area contributed by atoms with E-state index in [1.165, 1.54) is 0 Å². The normalized spacial score (nSPS) is 12.8. The van der Waals surface area contributed by atoms with Crippen molar-refractivity contribution < 1.29 is 29.7 Å². The van der Waals surface area contributed by atoms with Crippen LogP contribution in [0.3, 0.4) is 0 Å². The summed E-state index contributed by atoms with van der Waals surface area (Å²) >= 11 is 0. The molecule has 3 rings (SSSR count). The van der Waals surface area contributed by atoms with Crippen molar-refractivity contribution >= 4 is 28.8 Å². The molecule has 2 aromatic heterocycles. The Hall–Kier alpha value is -3.74. The number of fused-ring (bicyclic) bond motifs is 1. The zero-order valence-corrected chi connectivity index (χ0v) is 24.9. The maximum Gasteiger partial charge on any atom is 0.321 e. The molecule has 0 aliphatic heterocycles. The number of carboxylic acid groups (broad SMARTS) is 3. The summed E-state index contributed by atoms with van der Waals surface area (Å²) in [5, 5.41) is 35.8. The average Bonchev–Trinajstić information content (AvgIpc) is 3.50. The topological polar surface area (TPSA) is 171 Å². The van der Waals surface area contributed by atoms with Crippen LogP contribution in [-0.4, -0.2) is 86.6 Å². The van der Waals surface area contributed by atoms with Gasteiger partial charge in [-0.05, 0) is 39.2 Å². The average molecular weight is 575 g/mol. The van der Waals surface area contributed by atoms with Gasteiger partial charge in [-0.1, -0.05) is 44.4 Å². The van der Waals surface area contributed by atoms with Crippen molar-refractivity contribution in [3.05, 3.63) is 54.2 Å². The SMILES string of the molecule is CCCCCC(NC)C(=O)O.CNC(Cc1cn(C)c2ccccc12)C(=O)O.CNC(Cc1nccn1C)C(=O)O. The number of imidazole rings is 1. The number of carbonyl (C=O) groups is 3. The third kappa shape index (κ3) is 11.7. The molecule has 0 amide bonds. The number of aryl methyl sites for hydroxylation is 2. The highest BCUT2D eigenvalue weighted by atomic mass is 16.4. The van der Waals surface area contributed by atoms with Gasteiger partial charge in [-0.25, -0.2) is 4.98 Å². The monoisotopic (exact) mass is 574 g/mol. The summed E-state index contributed by atoms with van der Waals surface area (Å²) < 4.78 is 3.84. The van der Waals surface area contributed by atoms with Gasteiger partial charge >= 0.3 is 17.9 Å². The Morgan fingerprint density at radius 2 is 1.39 bits per heavy atom. The summed E-state index contributed by atoms with van der Waals surface area (Å²) in [7, 11) is 8.80. The van der Waals surface area contributed by atoms with Crippen molar-refractivity contribution in [1.29, 1.82) is 0 Å². The van der Waals surface area contributed by atoms with Gasteiger partial charge in [0, 0.05) is 56.4 Å². The Bertz CT molecular complexity index is 1220. The van der Waals surface area contributed by atoms with Gasteiger partial charge in [0.2, 0.25) is 0 Å². The van der Waals surface area contributed by atoms with Crippen LogP contribution >= 0.6 is 0 Å². The minimum absolute atomic E-state index is 0.360. The van der Waals surface area contributed by atoms with E-state index < -0.39 is 30.0 Å².